The number of hydrogen-bond acceptors (Lipinski definition) is 4. The first-order valence-electron chi connectivity index (χ1n) is 9.00. The predicted octanol–water partition coefficient (Wildman–Crippen LogP) is 4.60. The van der Waals surface area contributed by atoms with E-state index in [0.717, 1.165) is 44.5 Å². The summed E-state index contributed by atoms with van der Waals surface area (Å²) in [5.41, 5.74) is 5.22. The second kappa shape index (κ2) is 5.72. The smallest absolute Gasteiger partial charge is 0.156 e. The fraction of sp³-hybridized carbons (Fsp3) is 0. The van der Waals surface area contributed by atoms with Crippen molar-refractivity contribution in [3.63, 3.8) is 0 Å². The topological polar surface area (TPSA) is 83.1 Å². The predicted molar refractivity (Wildman–Crippen MR) is 112 cm³/mol. The Hall–Kier alpha value is -4.06. The minimum absolute atomic E-state index is 0.621. The van der Waals surface area contributed by atoms with E-state index >= 15 is 0 Å². The SMILES string of the molecule is C1=Cc2cc3[nH]c(nc4nc(nc5ccc(cc1n2)[nH]5)C=C4)c1ccccc31. The van der Waals surface area contributed by atoms with Gasteiger partial charge in [0.25, 0.3) is 0 Å². The summed E-state index contributed by atoms with van der Waals surface area (Å²) in [5, 5.41) is 2.15. The first-order valence-corrected chi connectivity index (χ1v) is 9.00. The number of fused-ring (bicyclic) bond motifs is 11. The quantitative estimate of drug-likeness (QED) is 0.414. The molecule has 0 saturated carbocycles. The van der Waals surface area contributed by atoms with Crippen LogP contribution >= 0.6 is 0 Å². The van der Waals surface area contributed by atoms with Crippen molar-refractivity contribution in [3.8, 4) is 0 Å². The maximum Gasteiger partial charge on any atom is 0.156 e. The molecular weight excluding hydrogens is 348 g/mol. The maximum absolute atomic E-state index is 4.71. The highest BCUT2D eigenvalue weighted by molar-refractivity contribution is 6.06. The summed E-state index contributed by atoms with van der Waals surface area (Å²) in [6.07, 6.45) is 7.75. The zero-order valence-electron chi connectivity index (χ0n) is 14.7. The van der Waals surface area contributed by atoms with Crippen molar-refractivity contribution in [1.82, 2.24) is 29.9 Å². The molecule has 6 nitrogen and oxygen atoms in total. The minimum atomic E-state index is 0.621. The van der Waals surface area contributed by atoms with Gasteiger partial charge in [0.1, 0.15) is 11.3 Å². The van der Waals surface area contributed by atoms with E-state index in [1.165, 1.54) is 0 Å². The highest BCUT2D eigenvalue weighted by atomic mass is 15.0. The van der Waals surface area contributed by atoms with Crippen molar-refractivity contribution in [2.45, 2.75) is 0 Å². The number of rotatable bonds is 0. The van der Waals surface area contributed by atoms with Crippen molar-refractivity contribution in [2.24, 2.45) is 0 Å². The van der Waals surface area contributed by atoms with E-state index < -0.39 is 0 Å². The molecule has 1 aromatic carbocycles. The van der Waals surface area contributed by atoms with E-state index in [0.29, 0.717) is 11.6 Å². The molecule has 0 unspecified atom stereocenters. The number of aromatic nitrogens is 6. The van der Waals surface area contributed by atoms with E-state index in [4.69, 9.17) is 9.97 Å². The molecule has 0 radical (unpaired) electrons. The third-order valence-corrected chi connectivity index (χ3v) is 4.77. The Kier molecular flexibility index (Phi) is 3.07. The summed E-state index contributed by atoms with van der Waals surface area (Å²) in [7, 11) is 0. The Labute approximate surface area is 159 Å². The summed E-state index contributed by atoms with van der Waals surface area (Å²) < 4.78 is 0. The lowest BCUT2D eigenvalue weighted by Gasteiger charge is -1.88. The average molecular weight is 362 g/mol. The monoisotopic (exact) mass is 362 g/mol. The molecule has 132 valence electrons. The standard InChI is InChI=1S/C22H14N6/c1-2-4-17-16(3-1)18-12-15-6-5-13(23-15)11-14-7-8-19(24-14)26-20-9-10-21(27-20)28-22(17)25-18/h1-12H,(H2,24,25,26,27,28). The summed E-state index contributed by atoms with van der Waals surface area (Å²) in [5.74, 6) is 1.24. The summed E-state index contributed by atoms with van der Waals surface area (Å²) in [6.45, 7) is 0. The summed E-state index contributed by atoms with van der Waals surface area (Å²) in [4.78, 5) is 25.2. The van der Waals surface area contributed by atoms with Gasteiger partial charge in [-0.2, -0.15) is 0 Å². The van der Waals surface area contributed by atoms with Crippen LogP contribution in [-0.2, 0) is 0 Å². The first-order chi connectivity index (χ1) is 13.8. The van der Waals surface area contributed by atoms with Gasteiger partial charge in [-0.1, -0.05) is 24.3 Å². The molecule has 6 rings (SSSR count). The molecule has 5 heterocycles. The third-order valence-electron chi connectivity index (χ3n) is 4.77. The van der Waals surface area contributed by atoms with Gasteiger partial charge in [0, 0.05) is 21.8 Å². The molecule has 0 saturated heterocycles. The highest BCUT2D eigenvalue weighted by Gasteiger charge is 2.07. The Balaban J connectivity index is 1.77. The second-order valence-electron chi connectivity index (χ2n) is 6.70. The number of H-pyrrole nitrogens is 2. The third kappa shape index (κ3) is 2.51. The molecule has 0 aliphatic carbocycles. The van der Waals surface area contributed by atoms with E-state index in [9.17, 15) is 0 Å². The molecular formula is C22H14N6. The number of hydrogen-bond donors (Lipinski definition) is 2. The molecule has 0 fully saturated rings. The lowest BCUT2D eigenvalue weighted by Crippen LogP contribution is -1.83. The van der Waals surface area contributed by atoms with Crippen LogP contribution in [0.15, 0.2) is 48.5 Å². The second-order valence-corrected chi connectivity index (χ2v) is 6.70. The highest BCUT2D eigenvalue weighted by Crippen LogP contribution is 2.24. The van der Waals surface area contributed by atoms with Crippen molar-refractivity contribution in [2.75, 3.05) is 0 Å². The van der Waals surface area contributed by atoms with Crippen LogP contribution in [0, 0.1) is 0 Å². The number of benzene rings is 1. The summed E-state index contributed by atoms with van der Waals surface area (Å²) >= 11 is 0. The van der Waals surface area contributed by atoms with E-state index in [2.05, 4.69) is 32.1 Å². The molecule has 2 aliphatic rings. The number of nitrogens with one attached hydrogen (secondary N) is 2. The zero-order chi connectivity index (χ0) is 18.5. The van der Waals surface area contributed by atoms with Gasteiger partial charge < -0.3 is 9.97 Å². The molecule has 3 aromatic heterocycles. The van der Waals surface area contributed by atoms with Crippen LogP contribution in [0.2, 0.25) is 0 Å². The van der Waals surface area contributed by atoms with Crippen molar-refractivity contribution in [3.05, 3.63) is 71.6 Å². The maximum atomic E-state index is 4.71. The van der Waals surface area contributed by atoms with Gasteiger partial charge in [-0.3, -0.25) is 0 Å². The zero-order valence-corrected chi connectivity index (χ0v) is 14.7. The normalized spacial score (nSPS) is 12.7. The summed E-state index contributed by atoms with van der Waals surface area (Å²) in [6, 6.07) is 16.1. The van der Waals surface area contributed by atoms with Crippen molar-refractivity contribution < 1.29 is 0 Å². The molecule has 4 aromatic rings. The Morgan fingerprint density at radius 2 is 1.39 bits per heavy atom. The molecule has 2 N–H and O–H groups in total. The lowest BCUT2D eigenvalue weighted by atomic mass is 10.2. The Bertz CT molecular complexity index is 1360. The van der Waals surface area contributed by atoms with Crippen LogP contribution in [0.1, 0.15) is 23.0 Å². The van der Waals surface area contributed by atoms with Crippen LogP contribution in [-0.4, -0.2) is 29.9 Å². The average Bonchev–Trinajstić information content (AvgIpc) is 3.47. The largest absolute Gasteiger partial charge is 0.340 e. The van der Waals surface area contributed by atoms with Gasteiger partial charge >= 0.3 is 0 Å². The number of nitrogens with zero attached hydrogens (tertiary/aromatic N) is 4. The number of aromatic amines is 2. The first kappa shape index (κ1) is 15.0. The fourth-order valence-corrected chi connectivity index (χ4v) is 3.50. The van der Waals surface area contributed by atoms with Crippen LogP contribution in [0.3, 0.4) is 0 Å². The molecule has 8 bridgehead atoms. The minimum Gasteiger partial charge on any atom is -0.340 e. The Morgan fingerprint density at radius 1 is 0.607 bits per heavy atom. The van der Waals surface area contributed by atoms with E-state index in [-0.39, 0.29) is 0 Å². The molecule has 2 aliphatic heterocycles. The van der Waals surface area contributed by atoms with Crippen LogP contribution < -0.4 is 0 Å². The van der Waals surface area contributed by atoms with Crippen LogP contribution in [0.5, 0.6) is 0 Å². The molecule has 6 heteroatoms. The molecule has 0 atom stereocenters. The van der Waals surface area contributed by atoms with Gasteiger partial charge in [-0.25, -0.2) is 19.9 Å². The van der Waals surface area contributed by atoms with Gasteiger partial charge in [0.15, 0.2) is 11.6 Å². The van der Waals surface area contributed by atoms with Crippen LogP contribution in [0.25, 0.3) is 57.4 Å². The van der Waals surface area contributed by atoms with Gasteiger partial charge in [0.2, 0.25) is 0 Å². The molecule has 0 amide bonds. The molecule has 0 spiro atoms. The Morgan fingerprint density at radius 3 is 2.29 bits per heavy atom. The van der Waals surface area contributed by atoms with Crippen LogP contribution in [0.4, 0.5) is 0 Å². The lowest BCUT2D eigenvalue weighted by molar-refractivity contribution is 1.13. The van der Waals surface area contributed by atoms with Crippen molar-refractivity contribution >= 4 is 57.4 Å². The van der Waals surface area contributed by atoms with E-state index in [1.54, 1.807) is 0 Å². The fourth-order valence-electron chi connectivity index (χ4n) is 3.50. The van der Waals surface area contributed by atoms with Gasteiger partial charge in [-0.05, 0) is 48.6 Å². The van der Waals surface area contributed by atoms with Crippen molar-refractivity contribution in [1.29, 1.82) is 0 Å². The van der Waals surface area contributed by atoms with Gasteiger partial charge in [-0.15, -0.1) is 0 Å². The molecule has 28 heavy (non-hydrogen) atoms. The van der Waals surface area contributed by atoms with E-state index in [1.807, 2.05) is 60.7 Å². The van der Waals surface area contributed by atoms with Gasteiger partial charge in [0.05, 0.1) is 11.4 Å².